The second-order valence-corrected chi connectivity index (χ2v) is 5.15. The summed E-state index contributed by atoms with van der Waals surface area (Å²) in [4.78, 5) is 14.4. The molecule has 0 fully saturated rings. The summed E-state index contributed by atoms with van der Waals surface area (Å²) in [7, 11) is 0. The molecule has 1 amide bonds. The van der Waals surface area contributed by atoms with Crippen LogP contribution >= 0.6 is 0 Å². The van der Waals surface area contributed by atoms with Gasteiger partial charge in [-0.1, -0.05) is 36.4 Å². The van der Waals surface area contributed by atoms with Crippen LogP contribution in [0.2, 0.25) is 0 Å². The van der Waals surface area contributed by atoms with Crippen LogP contribution in [0.15, 0.2) is 48.5 Å². The molecular weight excluding hydrogens is 248 g/mol. The van der Waals surface area contributed by atoms with E-state index >= 15 is 0 Å². The van der Waals surface area contributed by atoms with E-state index in [2.05, 4.69) is 18.2 Å². The Morgan fingerprint density at radius 3 is 2.45 bits per heavy atom. The molecule has 0 spiro atoms. The van der Waals surface area contributed by atoms with Gasteiger partial charge in [-0.05, 0) is 35.2 Å². The molecule has 0 aliphatic carbocycles. The Kier molecular flexibility index (Phi) is 3.52. The number of hydrogen-bond acceptors (Lipinski definition) is 2. The molecule has 2 aromatic carbocycles. The molecule has 0 saturated heterocycles. The van der Waals surface area contributed by atoms with Gasteiger partial charge in [0, 0.05) is 25.2 Å². The molecule has 3 heteroatoms. The van der Waals surface area contributed by atoms with Crippen LogP contribution in [-0.4, -0.2) is 17.4 Å². The summed E-state index contributed by atoms with van der Waals surface area (Å²) in [6.07, 6.45) is 0.933. The lowest BCUT2D eigenvalue weighted by Gasteiger charge is -2.29. The zero-order chi connectivity index (χ0) is 13.9. The number of fused-ring (bicyclic) bond motifs is 1. The summed E-state index contributed by atoms with van der Waals surface area (Å²) in [6.45, 7) is 1.99. The Bertz CT molecular complexity index is 619. The number of amides is 1. The van der Waals surface area contributed by atoms with Crippen LogP contribution in [0.5, 0.6) is 0 Å². The third kappa shape index (κ3) is 2.45. The van der Waals surface area contributed by atoms with Crippen LogP contribution in [0.1, 0.15) is 27.0 Å². The quantitative estimate of drug-likeness (QED) is 0.907. The maximum absolute atomic E-state index is 12.5. The zero-order valence-electron chi connectivity index (χ0n) is 11.4. The molecule has 0 saturated carbocycles. The van der Waals surface area contributed by atoms with E-state index in [1.165, 1.54) is 11.1 Å². The van der Waals surface area contributed by atoms with Crippen LogP contribution in [0.4, 0.5) is 0 Å². The fourth-order valence-corrected chi connectivity index (χ4v) is 2.64. The van der Waals surface area contributed by atoms with Crippen LogP contribution in [0.25, 0.3) is 0 Å². The molecule has 1 heterocycles. The van der Waals surface area contributed by atoms with Crippen molar-refractivity contribution in [1.82, 2.24) is 4.90 Å². The van der Waals surface area contributed by atoms with Crippen molar-refractivity contribution in [3.05, 3.63) is 70.8 Å². The molecular formula is C17H18N2O. The number of carbonyl (C=O) groups excluding carboxylic acids is 1. The third-order valence-corrected chi connectivity index (χ3v) is 3.85. The molecule has 0 bridgehead atoms. The lowest BCUT2D eigenvalue weighted by atomic mass is 9.99. The monoisotopic (exact) mass is 266 g/mol. The van der Waals surface area contributed by atoms with E-state index in [0.717, 1.165) is 24.1 Å². The standard InChI is InChI=1S/C17H18N2O/c18-11-13-5-7-15(8-6-13)17(20)19-10-9-14-3-1-2-4-16(14)12-19/h1-8H,9-12,18H2. The van der Waals surface area contributed by atoms with E-state index in [1.54, 1.807) is 0 Å². The van der Waals surface area contributed by atoms with Gasteiger partial charge in [-0.3, -0.25) is 4.79 Å². The number of nitrogens with zero attached hydrogens (tertiary/aromatic N) is 1. The van der Waals surface area contributed by atoms with Gasteiger partial charge in [0.05, 0.1) is 0 Å². The van der Waals surface area contributed by atoms with E-state index in [1.807, 2.05) is 35.2 Å². The predicted octanol–water partition coefficient (Wildman–Crippen LogP) is 2.34. The number of carbonyl (C=O) groups is 1. The van der Waals surface area contributed by atoms with E-state index in [-0.39, 0.29) is 5.91 Å². The smallest absolute Gasteiger partial charge is 0.254 e. The van der Waals surface area contributed by atoms with E-state index in [0.29, 0.717) is 13.1 Å². The van der Waals surface area contributed by atoms with Gasteiger partial charge in [0.15, 0.2) is 0 Å². The molecule has 1 aliphatic rings. The van der Waals surface area contributed by atoms with Crippen molar-refractivity contribution in [2.24, 2.45) is 5.73 Å². The van der Waals surface area contributed by atoms with E-state index in [4.69, 9.17) is 5.73 Å². The lowest BCUT2D eigenvalue weighted by Crippen LogP contribution is -2.35. The Hall–Kier alpha value is -2.13. The topological polar surface area (TPSA) is 46.3 Å². The number of nitrogens with two attached hydrogens (primary N) is 1. The van der Waals surface area contributed by atoms with Gasteiger partial charge in [-0.25, -0.2) is 0 Å². The second kappa shape index (κ2) is 5.47. The van der Waals surface area contributed by atoms with Gasteiger partial charge in [0.25, 0.3) is 5.91 Å². The first-order valence-electron chi connectivity index (χ1n) is 6.93. The Balaban J connectivity index is 1.78. The maximum atomic E-state index is 12.5. The maximum Gasteiger partial charge on any atom is 0.254 e. The van der Waals surface area contributed by atoms with Crippen molar-refractivity contribution >= 4 is 5.91 Å². The molecule has 2 aromatic rings. The summed E-state index contributed by atoms with van der Waals surface area (Å²) < 4.78 is 0. The summed E-state index contributed by atoms with van der Waals surface area (Å²) in [5, 5.41) is 0. The molecule has 0 radical (unpaired) electrons. The lowest BCUT2D eigenvalue weighted by molar-refractivity contribution is 0.0734. The largest absolute Gasteiger partial charge is 0.334 e. The second-order valence-electron chi connectivity index (χ2n) is 5.15. The first kappa shape index (κ1) is 12.9. The van der Waals surface area contributed by atoms with Crippen LogP contribution < -0.4 is 5.73 Å². The number of benzene rings is 2. The van der Waals surface area contributed by atoms with Crippen molar-refractivity contribution in [2.75, 3.05) is 6.54 Å². The van der Waals surface area contributed by atoms with Crippen LogP contribution in [-0.2, 0) is 19.5 Å². The minimum atomic E-state index is 0.100. The molecule has 3 nitrogen and oxygen atoms in total. The Labute approximate surface area is 119 Å². The van der Waals surface area contributed by atoms with Gasteiger partial charge >= 0.3 is 0 Å². The van der Waals surface area contributed by atoms with Gasteiger partial charge < -0.3 is 10.6 Å². The Morgan fingerprint density at radius 1 is 1.05 bits per heavy atom. The average molecular weight is 266 g/mol. The summed E-state index contributed by atoms with van der Waals surface area (Å²) in [5.74, 6) is 0.100. The first-order valence-corrected chi connectivity index (χ1v) is 6.93. The predicted molar refractivity (Wildman–Crippen MR) is 79.2 cm³/mol. The summed E-state index contributed by atoms with van der Waals surface area (Å²) >= 11 is 0. The normalized spacial score (nSPS) is 13.9. The van der Waals surface area contributed by atoms with Crippen molar-refractivity contribution in [3.63, 3.8) is 0 Å². The zero-order valence-corrected chi connectivity index (χ0v) is 11.4. The highest BCUT2D eigenvalue weighted by atomic mass is 16.2. The highest BCUT2D eigenvalue weighted by molar-refractivity contribution is 5.94. The molecule has 102 valence electrons. The van der Waals surface area contributed by atoms with Gasteiger partial charge in [0.2, 0.25) is 0 Å². The molecule has 20 heavy (non-hydrogen) atoms. The average Bonchev–Trinajstić information content (AvgIpc) is 2.54. The summed E-state index contributed by atoms with van der Waals surface area (Å²) in [5.41, 5.74) is 9.97. The van der Waals surface area contributed by atoms with Gasteiger partial charge in [-0.2, -0.15) is 0 Å². The number of hydrogen-bond donors (Lipinski definition) is 1. The van der Waals surface area contributed by atoms with E-state index < -0.39 is 0 Å². The van der Waals surface area contributed by atoms with Gasteiger partial charge in [-0.15, -0.1) is 0 Å². The van der Waals surface area contributed by atoms with Crippen molar-refractivity contribution < 1.29 is 4.79 Å². The highest BCUT2D eigenvalue weighted by Gasteiger charge is 2.21. The Morgan fingerprint density at radius 2 is 1.75 bits per heavy atom. The highest BCUT2D eigenvalue weighted by Crippen LogP contribution is 2.20. The summed E-state index contributed by atoms with van der Waals surface area (Å²) in [6, 6.07) is 15.9. The molecule has 2 N–H and O–H groups in total. The van der Waals surface area contributed by atoms with E-state index in [9.17, 15) is 4.79 Å². The van der Waals surface area contributed by atoms with Crippen LogP contribution in [0.3, 0.4) is 0 Å². The molecule has 0 aromatic heterocycles. The SMILES string of the molecule is NCc1ccc(C(=O)N2CCc3ccccc3C2)cc1. The van der Waals surface area contributed by atoms with Gasteiger partial charge in [0.1, 0.15) is 0 Å². The molecule has 3 rings (SSSR count). The number of rotatable bonds is 2. The minimum absolute atomic E-state index is 0.100. The molecule has 1 aliphatic heterocycles. The van der Waals surface area contributed by atoms with Crippen molar-refractivity contribution in [1.29, 1.82) is 0 Å². The third-order valence-electron chi connectivity index (χ3n) is 3.85. The minimum Gasteiger partial charge on any atom is -0.334 e. The first-order chi connectivity index (χ1) is 9.78. The molecule has 0 unspecified atom stereocenters. The fourth-order valence-electron chi connectivity index (χ4n) is 2.64. The fraction of sp³-hybridized carbons (Fsp3) is 0.235. The van der Waals surface area contributed by atoms with Crippen molar-refractivity contribution in [2.45, 2.75) is 19.5 Å². The molecule has 0 atom stereocenters. The van der Waals surface area contributed by atoms with Crippen LogP contribution in [0, 0.1) is 0 Å². The van der Waals surface area contributed by atoms with Crippen molar-refractivity contribution in [3.8, 4) is 0 Å².